The van der Waals surface area contributed by atoms with Crippen LogP contribution in [-0.4, -0.2) is 11.2 Å². The Hall–Kier alpha value is -1.28. The number of para-hydroxylation sites is 1. The van der Waals surface area contributed by atoms with E-state index >= 15 is 0 Å². The fraction of sp³-hybridized carbons (Fsp3) is 0.579. The van der Waals surface area contributed by atoms with Gasteiger partial charge in [-0.05, 0) is 38.2 Å². The third-order valence-corrected chi connectivity index (χ3v) is 5.59. The van der Waals surface area contributed by atoms with Crippen LogP contribution in [0, 0.1) is 11.8 Å². The molecule has 1 aromatic carbocycles. The molecule has 1 saturated heterocycles. The van der Waals surface area contributed by atoms with Crippen LogP contribution in [0.3, 0.4) is 0 Å². The molecular weight excluding hydrogens is 260 g/mol. The lowest BCUT2D eigenvalue weighted by molar-refractivity contribution is -0.107. The fourth-order valence-corrected chi connectivity index (χ4v) is 4.62. The molecule has 0 unspecified atom stereocenters. The van der Waals surface area contributed by atoms with Crippen LogP contribution in [0.2, 0.25) is 0 Å². The summed E-state index contributed by atoms with van der Waals surface area (Å²) in [4.78, 5) is 0. The molecule has 21 heavy (non-hydrogen) atoms. The van der Waals surface area contributed by atoms with Crippen molar-refractivity contribution in [3.05, 3.63) is 41.5 Å². The van der Waals surface area contributed by atoms with Crippen molar-refractivity contribution in [1.29, 1.82) is 0 Å². The number of rotatable bonds is 1. The van der Waals surface area contributed by atoms with E-state index in [9.17, 15) is 5.11 Å². The molecule has 2 nitrogen and oxygen atoms in total. The predicted molar refractivity (Wildman–Crippen MR) is 83.1 cm³/mol. The maximum absolute atomic E-state index is 10.2. The minimum Gasteiger partial charge on any atom is -0.508 e. The van der Waals surface area contributed by atoms with Crippen molar-refractivity contribution in [2.45, 2.75) is 57.2 Å². The van der Waals surface area contributed by atoms with E-state index in [1.54, 1.807) is 11.6 Å². The third-order valence-electron chi connectivity index (χ3n) is 5.59. The number of phenols is 1. The molecular formula is C19H24O2. The van der Waals surface area contributed by atoms with Gasteiger partial charge in [0.2, 0.25) is 0 Å². The van der Waals surface area contributed by atoms with E-state index in [0.717, 1.165) is 5.56 Å². The standard InChI is InChI=1S/C19H24O2/c20-17-11-5-3-10-16(17)19-15-9-2-1-7-13(15)14-8-4-6-12-18(14)21-19/h3,5,7,10-11,14-15,18-20H,1-2,4,6,8-9,12H2/t14-,15-,18+,19+/m1/s1. The molecule has 4 atom stereocenters. The minimum atomic E-state index is 0.0529. The van der Waals surface area contributed by atoms with Crippen LogP contribution in [0.25, 0.3) is 0 Å². The van der Waals surface area contributed by atoms with Gasteiger partial charge in [0.25, 0.3) is 0 Å². The van der Waals surface area contributed by atoms with Crippen LogP contribution in [0.5, 0.6) is 5.75 Å². The molecule has 3 aliphatic rings. The normalized spacial score (nSPS) is 35.5. The molecule has 1 aliphatic heterocycles. The summed E-state index contributed by atoms with van der Waals surface area (Å²) in [6, 6.07) is 7.73. The van der Waals surface area contributed by atoms with Gasteiger partial charge in [0, 0.05) is 17.4 Å². The number of aromatic hydroxyl groups is 1. The number of fused-ring (bicyclic) bond motifs is 3. The van der Waals surface area contributed by atoms with Gasteiger partial charge in [-0.2, -0.15) is 0 Å². The summed E-state index contributed by atoms with van der Waals surface area (Å²) in [7, 11) is 0. The Morgan fingerprint density at radius 1 is 0.952 bits per heavy atom. The summed E-state index contributed by atoms with van der Waals surface area (Å²) in [5.74, 6) is 1.51. The van der Waals surface area contributed by atoms with Crippen LogP contribution < -0.4 is 0 Å². The summed E-state index contributed by atoms with van der Waals surface area (Å²) in [5, 5.41) is 10.2. The van der Waals surface area contributed by atoms with Crippen LogP contribution in [0.15, 0.2) is 35.9 Å². The first-order valence-electron chi connectivity index (χ1n) is 8.48. The molecule has 4 rings (SSSR count). The van der Waals surface area contributed by atoms with Crippen molar-refractivity contribution in [3.63, 3.8) is 0 Å². The van der Waals surface area contributed by atoms with E-state index in [1.807, 2.05) is 18.2 Å². The largest absolute Gasteiger partial charge is 0.508 e. The van der Waals surface area contributed by atoms with E-state index in [0.29, 0.717) is 23.7 Å². The lowest BCUT2D eigenvalue weighted by atomic mass is 9.68. The summed E-state index contributed by atoms with van der Waals surface area (Å²) < 4.78 is 6.53. The first-order chi connectivity index (χ1) is 10.3. The zero-order chi connectivity index (χ0) is 14.2. The monoisotopic (exact) mass is 284 g/mol. The molecule has 0 spiro atoms. The average molecular weight is 284 g/mol. The lowest BCUT2D eigenvalue weighted by Gasteiger charge is -2.47. The van der Waals surface area contributed by atoms with E-state index < -0.39 is 0 Å². The maximum atomic E-state index is 10.2. The highest BCUT2D eigenvalue weighted by molar-refractivity contribution is 5.37. The summed E-state index contributed by atoms with van der Waals surface area (Å²) in [6.07, 6.45) is 11.7. The number of allylic oxidation sites excluding steroid dienone is 1. The Morgan fingerprint density at radius 3 is 2.67 bits per heavy atom. The highest BCUT2D eigenvalue weighted by Gasteiger charge is 2.44. The van der Waals surface area contributed by atoms with Crippen LogP contribution in [0.4, 0.5) is 0 Å². The zero-order valence-electron chi connectivity index (χ0n) is 12.5. The highest BCUT2D eigenvalue weighted by Crippen LogP contribution is 2.52. The van der Waals surface area contributed by atoms with E-state index in [4.69, 9.17) is 4.74 Å². The van der Waals surface area contributed by atoms with Gasteiger partial charge in [0.15, 0.2) is 0 Å². The first-order valence-corrected chi connectivity index (χ1v) is 8.48. The van der Waals surface area contributed by atoms with Crippen molar-refractivity contribution in [3.8, 4) is 5.75 Å². The minimum absolute atomic E-state index is 0.0529. The van der Waals surface area contributed by atoms with Crippen LogP contribution in [0.1, 0.15) is 56.6 Å². The van der Waals surface area contributed by atoms with Gasteiger partial charge in [-0.25, -0.2) is 0 Å². The molecule has 0 amide bonds. The van der Waals surface area contributed by atoms with Gasteiger partial charge in [0.05, 0.1) is 12.2 Å². The number of hydrogen-bond acceptors (Lipinski definition) is 2. The summed E-state index contributed by atoms with van der Waals surface area (Å²) >= 11 is 0. The Labute approximate surface area is 126 Å². The molecule has 1 saturated carbocycles. The van der Waals surface area contributed by atoms with Gasteiger partial charge >= 0.3 is 0 Å². The number of benzene rings is 1. The molecule has 2 heteroatoms. The third kappa shape index (κ3) is 2.30. The molecule has 2 fully saturated rings. The van der Waals surface area contributed by atoms with Gasteiger partial charge in [-0.15, -0.1) is 0 Å². The van der Waals surface area contributed by atoms with Gasteiger partial charge in [-0.1, -0.05) is 42.7 Å². The van der Waals surface area contributed by atoms with Crippen molar-refractivity contribution in [1.82, 2.24) is 0 Å². The van der Waals surface area contributed by atoms with E-state index in [-0.39, 0.29) is 6.10 Å². The zero-order valence-corrected chi connectivity index (χ0v) is 12.5. The van der Waals surface area contributed by atoms with Crippen molar-refractivity contribution in [2.75, 3.05) is 0 Å². The number of phenolic OH excluding ortho intramolecular Hbond substituents is 1. The fourth-order valence-electron chi connectivity index (χ4n) is 4.62. The summed E-state index contributed by atoms with van der Waals surface area (Å²) in [5.41, 5.74) is 2.63. The second kappa shape index (κ2) is 5.49. The van der Waals surface area contributed by atoms with Gasteiger partial charge < -0.3 is 9.84 Å². The second-order valence-corrected chi connectivity index (χ2v) is 6.79. The quantitative estimate of drug-likeness (QED) is 0.754. The second-order valence-electron chi connectivity index (χ2n) is 6.79. The SMILES string of the molecule is Oc1ccccc1[C@H]1O[C@H]2CCCC[C@@H]2C2=CCCC[C@H]21. The molecule has 0 aromatic heterocycles. The lowest BCUT2D eigenvalue weighted by Crippen LogP contribution is -2.41. The van der Waals surface area contributed by atoms with E-state index in [1.165, 1.54) is 44.9 Å². The van der Waals surface area contributed by atoms with Crippen LogP contribution in [-0.2, 0) is 4.74 Å². The summed E-state index contributed by atoms with van der Waals surface area (Å²) in [6.45, 7) is 0. The molecule has 2 aliphatic carbocycles. The molecule has 0 bridgehead atoms. The average Bonchev–Trinajstić information content (AvgIpc) is 2.55. The van der Waals surface area contributed by atoms with Crippen molar-refractivity contribution >= 4 is 0 Å². The maximum Gasteiger partial charge on any atom is 0.121 e. The smallest absolute Gasteiger partial charge is 0.121 e. The van der Waals surface area contributed by atoms with Gasteiger partial charge in [-0.3, -0.25) is 0 Å². The molecule has 1 heterocycles. The Kier molecular flexibility index (Phi) is 3.50. The highest BCUT2D eigenvalue weighted by atomic mass is 16.5. The van der Waals surface area contributed by atoms with Crippen molar-refractivity contribution in [2.24, 2.45) is 11.8 Å². The molecule has 1 aromatic rings. The molecule has 112 valence electrons. The predicted octanol–water partition coefficient (Wildman–Crippen LogP) is 4.75. The Balaban J connectivity index is 1.72. The number of ether oxygens (including phenoxy) is 1. The molecule has 0 radical (unpaired) electrons. The first kappa shape index (κ1) is 13.4. The topological polar surface area (TPSA) is 29.5 Å². The Bertz CT molecular complexity index is 548. The Morgan fingerprint density at radius 2 is 1.76 bits per heavy atom. The molecule has 1 N–H and O–H groups in total. The van der Waals surface area contributed by atoms with E-state index in [2.05, 4.69) is 6.08 Å². The van der Waals surface area contributed by atoms with Crippen LogP contribution >= 0.6 is 0 Å². The number of hydrogen-bond donors (Lipinski definition) is 1. The van der Waals surface area contributed by atoms with Crippen molar-refractivity contribution < 1.29 is 9.84 Å². The van der Waals surface area contributed by atoms with Gasteiger partial charge in [0.1, 0.15) is 5.75 Å².